The van der Waals surface area contributed by atoms with Crippen LogP contribution in [0.4, 0.5) is 11.4 Å². The van der Waals surface area contributed by atoms with Gasteiger partial charge in [-0.05, 0) is 68.6 Å². The summed E-state index contributed by atoms with van der Waals surface area (Å²) in [6.07, 6.45) is 6.89. The van der Waals surface area contributed by atoms with E-state index in [4.69, 9.17) is 0 Å². The summed E-state index contributed by atoms with van der Waals surface area (Å²) in [6, 6.07) is 10.5. The quantitative estimate of drug-likeness (QED) is 0.656. The second kappa shape index (κ2) is 12.3. The van der Waals surface area contributed by atoms with Crippen molar-refractivity contribution in [2.45, 2.75) is 25.7 Å². The molecule has 2 amide bonds. The van der Waals surface area contributed by atoms with Crippen LogP contribution in [0.2, 0.25) is 0 Å². The Hall–Kier alpha value is -2.15. The maximum absolute atomic E-state index is 12.2. The van der Waals surface area contributed by atoms with Gasteiger partial charge in [-0.15, -0.1) is 24.8 Å². The zero-order chi connectivity index (χ0) is 18.2. The fourth-order valence-corrected chi connectivity index (χ4v) is 3.11. The molecule has 152 valence electrons. The van der Waals surface area contributed by atoms with E-state index in [9.17, 15) is 9.59 Å². The van der Waals surface area contributed by atoms with Crippen molar-refractivity contribution in [3.05, 3.63) is 54.4 Å². The summed E-state index contributed by atoms with van der Waals surface area (Å²) >= 11 is 0. The lowest BCUT2D eigenvalue weighted by Crippen LogP contribution is -2.28. The summed E-state index contributed by atoms with van der Waals surface area (Å²) in [5.41, 5.74) is 1.87. The SMILES string of the molecule is Cl.Cl.O=C(CCC1CCNCC1)Nc1cccc(NC(=O)c2ccncc2)c1. The van der Waals surface area contributed by atoms with Crippen LogP contribution in [-0.2, 0) is 4.79 Å². The summed E-state index contributed by atoms with van der Waals surface area (Å²) in [7, 11) is 0. The van der Waals surface area contributed by atoms with Crippen LogP contribution in [0.5, 0.6) is 0 Å². The molecule has 2 aromatic rings. The Balaban J connectivity index is 0.00000196. The Morgan fingerprint density at radius 3 is 2.32 bits per heavy atom. The lowest BCUT2D eigenvalue weighted by Gasteiger charge is -2.22. The van der Waals surface area contributed by atoms with Crippen LogP contribution in [0, 0.1) is 5.92 Å². The summed E-state index contributed by atoms with van der Waals surface area (Å²) < 4.78 is 0. The zero-order valence-electron chi connectivity index (χ0n) is 15.5. The van der Waals surface area contributed by atoms with Gasteiger partial charge < -0.3 is 16.0 Å². The second-order valence-corrected chi connectivity index (χ2v) is 6.55. The van der Waals surface area contributed by atoms with E-state index < -0.39 is 0 Å². The van der Waals surface area contributed by atoms with Crippen molar-refractivity contribution in [1.82, 2.24) is 10.3 Å². The summed E-state index contributed by atoms with van der Waals surface area (Å²) in [5, 5.41) is 9.09. The van der Waals surface area contributed by atoms with Crippen LogP contribution in [0.1, 0.15) is 36.0 Å². The lowest BCUT2D eigenvalue weighted by molar-refractivity contribution is -0.116. The largest absolute Gasteiger partial charge is 0.326 e. The van der Waals surface area contributed by atoms with Crippen molar-refractivity contribution in [2.75, 3.05) is 23.7 Å². The predicted octanol–water partition coefficient (Wildman–Crippen LogP) is 3.90. The molecule has 0 saturated carbocycles. The molecule has 3 rings (SSSR count). The summed E-state index contributed by atoms with van der Waals surface area (Å²) in [4.78, 5) is 28.3. The molecule has 28 heavy (non-hydrogen) atoms. The summed E-state index contributed by atoms with van der Waals surface area (Å²) in [6.45, 7) is 2.09. The summed E-state index contributed by atoms with van der Waals surface area (Å²) in [5.74, 6) is 0.441. The van der Waals surface area contributed by atoms with E-state index in [1.165, 1.54) is 0 Å². The number of hydrogen-bond donors (Lipinski definition) is 3. The van der Waals surface area contributed by atoms with E-state index >= 15 is 0 Å². The molecule has 0 atom stereocenters. The number of amides is 2. The molecule has 1 fully saturated rings. The van der Waals surface area contributed by atoms with Crippen LogP contribution < -0.4 is 16.0 Å². The number of carbonyl (C=O) groups is 2. The van der Waals surface area contributed by atoms with Crippen LogP contribution in [0.25, 0.3) is 0 Å². The maximum Gasteiger partial charge on any atom is 0.255 e. The topological polar surface area (TPSA) is 83.1 Å². The Labute approximate surface area is 177 Å². The molecule has 0 unspecified atom stereocenters. The van der Waals surface area contributed by atoms with Gasteiger partial charge in [0.2, 0.25) is 5.91 Å². The number of piperidine rings is 1. The average Bonchev–Trinajstić information content (AvgIpc) is 2.68. The normalized spacial score (nSPS) is 13.6. The molecular formula is C20H26Cl2N4O2. The first-order valence-electron chi connectivity index (χ1n) is 9.03. The Morgan fingerprint density at radius 1 is 1.00 bits per heavy atom. The third-order valence-electron chi connectivity index (χ3n) is 4.59. The number of halogens is 2. The average molecular weight is 425 g/mol. The molecule has 8 heteroatoms. The molecule has 6 nitrogen and oxygen atoms in total. The van der Waals surface area contributed by atoms with Crippen molar-refractivity contribution >= 4 is 48.0 Å². The van der Waals surface area contributed by atoms with Crippen molar-refractivity contribution in [2.24, 2.45) is 5.92 Å². The molecule has 0 radical (unpaired) electrons. The van der Waals surface area contributed by atoms with E-state index in [0.717, 1.165) is 32.4 Å². The van der Waals surface area contributed by atoms with Crippen molar-refractivity contribution in [3.8, 4) is 0 Å². The van der Waals surface area contributed by atoms with E-state index in [-0.39, 0.29) is 36.6 Å². The Morgan fingerprint density at radius 2 is 1.64 bits per heavy atom. The van der Waals surface area contributed by atoms with Gasteiger partial charge in [0.1, 0.15) is 0 Å². The number of rotatable bonds is 6. The highest BCUT2D eigenvalue weighted by molar-refractivity contribution is 6.04. The van der Waals surface area contributed by atoms with Crippen LogP contribution in [-0.4, -0.2) is 29.9 Å². The molecule has 1 aromatic carbocycles. The molecule has 0 spiro atoms. The zero-order valence-corrected chi connectivity index (χ0v) is 17.2. The molecule has 1 aromatic heterocycles. The third kappa shape index (κ3) is 7.46. The lowest BCUT2D eigenvalue weighted by atomic mass is 9.93. The van der Waals surface area contributed by atoms with E-state index in [2.05, 4.69) is 20.9 Å². The number of benzene rings is 1. The molecular weight excluding hydrogens is 399 g/mol. The van der Waals surface area contributed by atoms with Crippen LogP contribution in [0.15, 0.2) is 48.8 Å². The first-order chi connectivity index (χ1) is 12.7. The van der Waals surface area contributed by atoms with Crippen molar-refractivity contribution in [1.29, 1.82) is 0 Å². The number of hydrogen-bond acceptors (Lipinski definition) is 4. The highest BCUT2D eigenvalue weighted by Gasteiger charge is 2.14. The molecule has 1 saturated heterocycles. The number of anilines is 2. The van der Waals surface area contributed by atoms with Gasteiger partial charge in [0.15, 0.2) is 0 Å². The van der Waals surface area contributed by atoms with Gasteiger partial charge >= 0.3 is 0 Å². The monoisotopic (exact) mass is 424 g/mol. The van der Waals surface area contributed by atoms with E-state index in [1.807, 2.05) is 12.1 Å². The smallest absolute Gasteiger partial charge is 0.255 e. The minimum atomic E-state index is -0.207. The number of aromatic nitrogens is 1. The van der Waals surface area contributed by atoms with E-state index in [0.29, 0.717) is 29.3 Å². The van der Waals surface area contributed by atoms with Gasteiger partial charge in [0, 0.05) is 35.8 Å². The van der Waals surface area contributed by atoms with Crippen molar-refractivity contribution in [3.63, 3.8) is 0 Å². The molecule has 1 aliphatic heterocycles. The fraction of sp³-hybridized carbons (Fsp3) is 0.350. The molecule has 0 bridgehead atoms. The molecule has 2 heterocycles. The van der Waals surface area contributed by atoms with Gasteiger partial charge in [0.25, 0.3) is 5.91 Å². The highest BCUT2D eigenvalue weighted by Crippen LogP contribution is 2.20. The minimum Gasteiger partial charge on any atom is -0.326 e. The molecule has 3 N–H and O–H groups in total. The van der Waals surface area contributed by atoms with E-state index in [1.54, 1.807) is 36.7 Å². The number of pyridine rings is 1. The number of nitrogens with zero attached hydrogens (tertiary/aromatic N) is 1. The first-order valence-corrected chi connectivity index (χ1v) is 9.03. The van der Waals surface area contributed by atoms with Gasteiger partial charge in [-0.2, -0.15) is 0 Å². The first kappa shape index (κ1) is 23.9. The second-order valence-electron chi connectivity index (χ2n) is 6.55. The van der Waals surface area contributed by atoms with Gasteiger partial charge in [0.05, 0.1) is 0 Å². The van der Waals surface area contributed by atoms with Gasteiger partial charge in [-0.1, -0.05) is 6.07 Å². The molecule has 0 aliphatic carbocycles. The maximum atomic E-state index is 12.2. The van der Waals surface area contributed by atoms with Crippen LogP contribution >= 0.6 is 24.8 Å². The fourth-order valence-electron chi connectivity index (χ4n) is 3.11. The Bertz CT molecular complexity index is 753. The van der Waals surface area contributed by atoms with Crippen LogP contribution in [0.3, 0.4) is 0 Å². The molecule has 1 aliphatic rings. The van der Waals surface area contributed by atoms with Gasteiger partial charge in [-0.25, -0.2) is 0 Å². The number of carbonyl (C=O) groups excluding carboxylic acids is 2. The van der Waals surface area contributed by atoms with Gasteiger partial charge in [-0.3, -0.25) is 14.6 Å². The Kier molecular flexibility index (Phi) is 10.5. The van der Waals surface area contributed by atoms with Crippen molar-refractivity contribution < 1.29 is 9.59 Å². The number of nitrogens with one attached hydrogen (secondary N) is 3. The standard InChI is InChI=1S/C20H24N4O2.2ClH/c25-19(5-4-15-6-10-21-11-7-15)23-17-2-1-3-18(14-17)24-20(26)16-8-12-22-13-9-16;;/h1-3,8-9,12-15,21H,4-7,10-11H2,(H,23,25)(H,24,26);2*1H. The predicted molar refractivity (Wildman–Crippen MR) is 117 cm³/mol. The highest BCUT2D eigenvalue weighted by atomic mass is 35.5. The minimum absolute atomic E-state index is 0. The third-order valence-corrected chi connectivity index (χ3v) is 4.59.